The SMILES string of the molecule is C[N+]1(S)Cc2cccc(F)c2C1. The van der Waals surface area contributed by atoms with E-state index in [4.69, 9.17) is 0 Å². The molecule has 0 aromatic heterocycles. The van der Waals surface area contributed by atoms with Crippen molar-refractivity contribution in [2.75, 3.05) is 7.05 Å². The first-order valence-electron chi connectivity index (χ1n) is 3.92. The predicted molar refractivity (Wildman–Crippen MR) is 49.0 cm³/mol. The van der Waals surface area contributed by atoms with Crippen LogP contribution >= 0.6 is 12.8 Å². The van der Waals surface area contributed by atoms with Crippen molar-refractivity contribution in [1.82, 2.24) is 0 Å². The Balaban J connectivity index is 2.48. The second kappa shape index (κ2) is 2.47. The first-order valence-corrected chi connectivity index (χ1v) is 4.32. The molecular weight excluding hydrogens is 173 g/mol. The summed E-state index contributed by atoms with van der Waals surface area (Å²) in [5.74, 6) is -0.0941. The van der Waals surface area contributed by atoms with E-state index in [-0.39, 0.29) is 5.82 Å². The van der Waals surface area contributed by atoms with Crippen molar-refractivity contribution < 1.29 is 8.28 Å². The molecule has 1 heterocycles. The lowest BCUT2D eigenvalue weighted by Crippen LogP contribution is -2.25. The first kappa shape index (κ1) is 8.08. The Bertz CT molecular complexity index is 322. The van der Waals surface area contributed by atoms with Crippen LogP contribution in [0.1, 0.15) is 11.1 Å². The van der Waals surface area contributed by atoms with Crippen molar-refractivity contribution in [1.29, 1.82) is 0 Å². The van der Waals surface area contributed by atoms with E-state index in [1.807, 2.05) is 13.1 Å². The van der Waals surface area contributed by atoms with Crippen molar-refractivity contribution in [2.24, 2.45) is 0 Å². The van der Waals surface area contributed by atoms with E-state index in [1.165, 1.54) is 6.07 Å². The van der Waals surface area contributed by atoms with Crippen LogP contribution < -0.4 is 0 Å². The fraction of sp³-hybridized carbons (Fsp3) is 0.333. The lowest BCUT2D eigenvalue weighted by atomic mass is 10.1. The molecular formula is C9H11FNS+. The third-order valence-corrected chi connectivity index (χ3v) is 2.51. The molecule has 12 heavy (non-hydrogen) atoms. The zero-order valence-corrected chi connectivity index (χ0v) is 7.81. The van der Waals surface area contributed by atoms with Crippen molar-refractivity contribution >= 4 is 12.8 Å². The molecule has 0 amide bonds. The molecule has 0 bridgehead atoms. The summed E-state index contributed by atoms with van der Waals surface area (Å²) >= 11 is 4.41. The molecule has 64 valence electrons. The van der Waals surface area contributed by atoms with Crippen molar-refractivity contribution in [3.8, 4) is 0 Å². The van der Waals surface area contributed by atoms with Gasteiger partial charge in [0, 0.05) is 5.56 Å². The van der Waals surface area contributed by atoms with Crippen molar-refractivity contribution in [3.05, 3.63) is 35.1 Å². The topological polar surface area (TPSA) is 0 Å². The van der Waals surface area contributed by atoms with E-state index in [2.05, 4.69) is 12.8 Å². The number of nitrogens with zero attached hydrogens (tertiary/aromatic N) is 1. The highest BCUT2D eigenvalue weighted by atomic mass is 32.1. The average Bonchev–Trinajstić information content (AvgIpc) is 2.25. The number of benzene rings is 1. The van der Waals surface area contributed by atoms with Gasteiger partial charge in [0.05, 0.1) is 25.4 Å². The molecule has 0 spiro atoms. The molecule has 0 saturated heterocycles. The maximum atomic E-state index is 13.2. The van der Waals surface area contributed by atoms with Crippen molar-refractivity contribution in [3.63, 3.8) is 0 Å². The van der Waals surface area contributed by atoms with Crippen LogP contribution in [0, 0.1) is 5.82 Å². The highest BCUT2D eigenvalue weighted by Crippen LogP contribution is 2.31. The third-order valence-electron chi connectivity index (χ3n) is 2.23. The van der Waals surface area contributed by atoms with E-state index < -0.39 is 0 Å². The largest absolute Gasteiger partial charge is 0.259 e. The van der Waals surface area contributed by atoms with E-state index in [0.717, 1.165) is 17.7 Å². The summed E-state index contributed by atoms with van der Waals surface area (Å²) in [5, 5.41) is 0. The molecule has 1 aromatic carbocycles. The van der Waals surface area contributed by atoms with Gasteiger partial charge in [-0.2, -0.15) is 0 Å². The molecule has 1 atom stereocenters. The summed E-state index contributed by atoms with van der Waals surface area (Å²) in [5.41, 5.74) is 1.92. The van der Waals surface area contributed by atoms with Gasteiger partial charge in [-0.05, 0) is 6.07 Å². The van der Waals surface area contributed by atoms with Crippen LogP contribution in [0.15, 0.2) is 18.2 Å². The van der Waals surface area contributed by atoms with Gasteiger partial charge in [-0.15, -0.1) is 0 Å². The molecule has 1 aliphatic heterocycles. The number of hydrogen-bond acceptors (Lipinski definition) is 1. The van der Waals surface area contributed by atoms with Crippen LogP contribution in [0.3, 0.4) is 0 Å². The van der Waals surface area contributed by atoms with Gasteiger partial charge in [-0.1, -0.05) is 12.1 Å². The van der Waals surface area contributed by atoms with Crippen molar-refractivity contribution in [2.45, 2.75) is 13.1 Å². The third kappa shape index (κ3) is 1.23. The summed E-state index contributed by atoms with van der Waals surface area (Å²) in [6.45, 7) is 1.50. The molecule has 0 fully saturated rings. The molecule has 2 rings (SSSR count). The highest BCUT2D eigenvalue weighted by molar-refractivity contribution is 7.74. The standard InChI is InChI=1S/C9H11FNS/c1-11(12)5-7-3-2-4-9(10)8(7)6-11/h2-4,12H,5-6H2,1H3/q+1. The lowest BCUT2D eigenvalue weighted by Gasteiger charge is -2.18. The molecule has 1 nitrogen and oxygen atoms in total. The normalized spacial score (nSPS) is 27.2. The van der Waals surface area contributed by atoms with Gasteiger partial charge in [-0.3, -0.25) is 3.89 Å². The summed E-state index contributed by atoms with van der Waals surface area (Å²) in [6.07, 6.45) is 0. The molecule has 0 aliphatic carbocycles. The van der Waals surface area contributed by atoms with Gasteiger partial charge in [0.1, 0.15) is 18.9 Å². The van der Waals surface area contributed by atoms with Gasteiger partial charge < -0.3 is 0 Å². The number of halogens is 1. The summed E-state index contributed by atoms with van der Waals surface area (Å²) in [7, 11) is 1.99. The van der Waals surface area contributed by atoms with Crippen LogP contribution in [-0.4, -0.2) is 10.9 Å². The zero-order valence-electron chi connectivity index (χ0n) is 6.92. The van der Waals surface area contributed by atoms with Crippen LogP contribution in [0.4, 0.5) is 4.39 Å². The van der Waals surface area contributed by atoms with Crippen LogP contribution in [0.5, 0.6) is 0 Å². The average molecular weight is 184 g/mol. The minimum Gasteiger partial charge on any atom is -0.259 e. The van der Waals surface area contributed by atoms with Gasteiger partial charge in [0.25, 0.3) is 0 Å². The molecule has 0 N–H and O–H groups in total. The minimum atomic E-state index is -0.0941. The van der Waals surface area contributed by atoms with Gasteiger partial charge in [0.2, 0.25) is 0 Å². The first-order chi connectivity index (χ1) is 5.58. The Morgan fingerprint density at radius 3 is 2.83 bits per heavy atom. The maximum Gasteiger partial charge on any atom is 0.132 e. The predicted octanol–water partition coefficient (Wildman–Crippen LogP) is 2.13. The van der Waals surface area contributed by atoms with Crippen LogP contribution in [0.2, 0.25) is 0 Å². The Morgan fingerprint density at radius 2 is 2.17 bits per heavy atom. The number of rotatable bonds is 0. The second-order valence-corrected chi connectivity index (χ2v) is 4.50. The summed E-state index contributed by atoms with van der Waals surface area (Å²) in [6, 6.07) is 5.24. The molecule has 0 saturated carbocycles. The molecule has 1 aromatic rings. The number of thiol groups is 1. The quantitative estimate of drug-likeness (QED) is 0.463. The fourth-order valence-corrected chi connectivity index (χ4v) is 1.99. The Labute approximate surface area is 76.9 Å². The molecule has 3 heteroatoms. The number of quaternary nitrogens is 1. The van der Waals surface area contributed by atoms with Gasteiger partial charge in [-0.25, -0.2) is 4.39 Å². The van der Waals surface area contributed by atoms with Crippen LogP contribution in [0.25, 0.3) is 0 Å². The molecule has 1 aliphatic rings. The number of hydrogen-bond donors (Lipinski definition) is 1. The van der Waals surface area contributed by atoms with E-state index in [1.54, 1.807) is 6.07 Å². The number of fused-ring (bicyclic) bond motifs is 1. The summed E-state index contributed by atoms with van der Waals surface area (Å²) < 4.78 is 13.8. The van der Waals surface area contributed by atoms with Gasteiger partial charge in [0.15, 0.2) is 0 Å². The zero-order chi connectivity index (χ0) is 8.77. The minimum absolute atomic E-state index is 0.0941. The monoisotopic (exact) mass is 184 g/mol. The Hall–Kier alpha value is -0.540. The lowest BCUT2D eigenvalue weighted by molar-refractivity contribution is -0.790. The second-order valence-electron chi connectivity index (χ2n) is 3.53. The van der Waals surface area contributed by atoms with E-state index in [0.29, 0.717) is 10.4 Å². The summed E-state index contributed by atoms with van der Waals surface area (Å²) in [4.78, 5) is 0. The Morgan fingerprint density at radius 1 is 1.42 bits per heavy atom. The highest BCUT2D eigenvalue weighted by Gasteiger charge is 2.31. The molecule has 1 unspecified atom stereocenters. The maximum absolute atomic E-state index is 13.2. The Kier molecular flexibility index (Phi) is 1.66. The van der Waals surface area contributed by atoms with E-state index in [9.17, 15) is 4.39 Å². The van der Waals surface area contributed by atoms with Crippen LogP contribution in [-0.2, 0) is 13.1 Å². The van der Waals surface area contributed by atoms with Gasteiger partial charge >= 0.3 is 0 Å². The van der Waals surface area contributed by atoms with E-state index >= 15 is 0 Å². The fourth-order valence-electron chi connectivity index (χ4n) is 1.69. The smallest absolute Gasteiger partial charge is 0.132 e. The molecule has 0 radical (unpaired) electrons.